The minimum absolute atomic E-state index is 0.172. The highest BCUT2D eigenvalue weighted by atomic mass is 16.5. The zero-order valence-corrected chi connectivity index (χ0v) is 23.4. The van der Waals surface area contributed by atoms with Gasteiger partial charge in [0.2, 0.25) is 0 Å². The predicted molar refractivity (Wildman–Crippen MR) is 154 cm³/mol. The van der Waals surface area contributed by atoms with Crippen LogP contribution in [0.15, 0.2) is 41.6 Å². The summed E-state index contributed by atoms with van der Waals surface area (Å²) in [5.41, 5.74) is 7.66. The van der Waals surface area contributed by atoms with Crippen molar-refractivity contribution in [1.29, 1.82) is 0 Å². The van der Waals surface area contributed by atoms with Crippen LogP contribution in [0.25, 0.3) is 16.6 Å². The average molecular weight is 530 g/mol. The number of carboxylic acids is 1. The molecule has 6 nitrogen and oxygen atoms in total. The molecule has 2 atom stereocenters. The number of hydrogen-bond donors (Lipinski definition) is 2. The molecule has 5 aliphatic rings. The zero-order chi connectivity index (χ0) is 26.6. The first-order valence-electron chi connectivity index (χ1n) is 15.4. The lowest BCUT2D eigenvalue weighted by molar-refractivity contribution is -0.133. The van der Waals surface area contributed by atoms with Crippen molar-refractivity contribution in [3.8, 4) is 0 Å². The van der Waals surface area contributed by atoms with Crippen LogP contribution < -0.4 is 5.32 Å². The molecule has 2 fully saturated rings. The third kappa shape index (κ3) is 4.26. The number of fused-ring (bicyclic) bond motifs is 4. The van der Waals surface area contributed by atoms with E-state index in [-0.39, 0.29) is 5.54 Å². The monoisotopic (exact) mass is 529 g/mol. The zero-order valence-electron chi connectivity index (χ0n) is 23.4. The summed E-state index contributed by atoms with van der Waals surface area (Å²) >= 11 is 0. The normalized spacial score (nSPS) is 28.2. The van der Waals surface area contributed by atoms with Crippen LogP contribution in [-0.4, -0.2) is 51.9 Å². The van der Waals surface area contributed by atoms with Gasteiger partial charge in [0.1, 0.15) is 0 Å². The van der Waals surface area contributed by atoms with E-state index in [1.807, 2.05) is 6.08 Å². The van der Waals surface area contributed by atoms with Crippen molar-refractivity contribution in [2.45, 2.75) is 95.8 Å². The summed E-state index contributed by atoms with van der Waals surface area (Å²) in [6.07, 6.45) is 15.7. The Labute approximate surface area is 232 Å². The minimum atomic E-state index is -0.743. The molecule has 7 rings (SSSR count). The van der Waals surface area contributed by atoms with Crippen LogP contribution in [-0.2, 0) is 22.6 Å². The van der Waals surface area contributed by atoms with Crippen LogP contribution >= 0.6 is 0 Å². The number of rotatable bonds is 5. The molecule has 0 spiro atoms. The Balaban J connectivity index is 1.35. The van der Waals surface area contributed by atoms with Crippen LogP contribution in [0.2, 0.25) is 0 Å². The van der Waals surface area contributed by atoms with Crippen LogP contribution in [0.3, 0.4) is 0 Å². The second-order valence-corrected chi connectivity index (χ2v) is 12.8. The number of carboxylic acid groups (broad SMARTS) is 1. The van der Waals surface area contributed by atoms with E-state index >= 15 is 0 Å². The maximum Gasteiger partial charge on any atom is 0.331 e. The number of nitrogens with zero attached hydrogens (tertiary/aromatic N) is 2. The van der Waals surface area contributed by atoms with Gasteiger partial charge in [0.25, 0.3) is 0 Å². The molecule has 0 bridgehead atoms. The molecule has 208 valence electrons. The van der Waals surface area contributed by atoms with Crippen molar-refractivity contribution in [1.82, 2.24) is 14.8 Å². The van der Waals surface area contributed by atoms with E-state index < -0.39 is 5.97 Å². The molecule has 6 heteroatoms. The van der Waals surface area contributed by atoms with Gasteiger partial charge in [-0.05, 0) is 62.5 Å². The molecular weight excluding hydrogens is 486 g/mol. The quantitative estimate of drug-likeness (QED) is 0.490. The molecule has 2 aromatic rings. The van der Waals surface area contributed by atoms with E-state index in [2.05, 4.69) is 46.1 Å². The number of allylic oxidation sites excluding steroid dienone is 1. The molecular formula is C33H43N3O3. The summed E-state index contributed by atoms with van der Waals surface area (Å²) in [7, 11) is 0. The summed E-state index contributed by atoms with van der Waals surface area (Å²) in [6.45, 7) is 6.95. The highest BCUT2D eigenvalue weighted by Gasteiger charge is 2.53. The van der Waals surface area contributed by atoms with Crippen molar-refractivity contribution in [2.24, 2.45) is 11.8 Å². The van der Waals surface area contributed by atoms with Crippen LogP contribution in [0.1, 0.15) is 82.3 Å². The van der Waals surface area contributed by atoms with Gasteiger partial charge >= 0.3 is 5.97 Å². The fourth-order valence-electron chi connectivity index (χ4n) is 8.64. The number of carbonyl (C=O) groups is 1. The number of hydrogen-bond acceptors (Lipinski definition) is 4. The number of aryl methyl sites for hydroxylation is 1. The Kier molecular flexibility index (Phi) is 6.59. The number of aliphatic carboxylic acids is 1. The Morgan fingerprint density at radius 1 is 1.10 bits per heavy atom. The summed E-state index contributed by atoms with van der Waals surface area (Å²) < 4.78 is 8.10. The SMILES string of the molecule is CC12CC(C(=O)O)=CCC1C(C1CCCCC1)=C1c3cccc4c(CNC5CCOCC5)cn(c34)CCCN12. The summed E-state index contributed by atoms with van der Waals surface area (Å²) in [4.78, 5) is 14.8. The van der Waals surface area contributed by atoms with Gasteiger partial charge in [0.15, 0.2) is 0 Å². The van der Waals surface area contributed by atoms with Crippen LogP contribution in [0.4, 0.5) is 0 Å². The highest BCUT2D eigenvalue weighted by Crippen LogP contribution is 2.57. The second-order valence-electron chi connectivity index (χ2n) is 12.8. The van der Waals surface area contributed by atoms with E-state index in [9.17, 15) is 9.90 Å². The summed E-state index contributed by atoms with van der Waals surface area (Å²) in [5, 5.41) is 15.2. The Morgan fingerprint density at radius 2 is 1.92 bits per heavy atom. The van der Waals surface area contributed by atoms with E-state index in [0.29, 0.717) is 29.9 Å². The van der Waals surface area contributed by atoms with Gasteiger partial charge in [-0.1, -0.05) is 43.5 Å². The topological polar surface area (TPSA) is 66.7 Å². The number of para-hydroxylation sites is 1. The third-order valence-corrected chi connectivity index (χ3v) is 10.6. The Hall–Kier alpha value is -2.57. The molecule has 4 heterocycles. The number of ether oxygens (including phenoxy) is 1. The molecule has 39 heavy (non-hydrogen) atoms. The minimum Gasteiger partial charge on any atom is -0.478 e. The lowest BCUT2D eigenvalue weighted by Crippen LogP contribution is -2.49. The molecule has 1 saturated heterocycles. The van der Waals surface area contributed by atoms with Crippen molar-refractivity contribution >= 4 is 22.6 Å². The third-order valence-electron chi connectivity index (χ3n) is 10.6. The average Bonchev–Trinajstić information content (AvgIpc) is 3.43. The molecule has 1 aromatic heterocycles. The van der Waals surface area contributed by atoms with E-state index in [0.717, 1.165) is 58.5 Å². The summed E-state index contributed by atoms with van der Waals surface area (Å²) in [6, 6.07) is 7.46. The number of nitrogens with one attached hydrogen (secondary N) is 1. The Bertz CT molecular complexity index is 1330. The van der Waals surface area contributed by atoms with E-state index in [1.165, 1.54) is 59.8 Å². The first-order valence-corrected chi connectivity index (χ1v) is 15.4. The van der Waals surface area contributed by atoms with Crippen molar-refractivity contribution < 1.29 is 14.6 Å². The molecule has 1 aromatic carbocycles. The largest absolute Gasteiger partial charge is 0.478 e. The Morgan fingerprint density at radius 3 is 2.72 bits per heavy atom. The standard InChI is InChI=1S/C33H43N3O3/c1-33-19-23(32(37)38)11-12-28(33)29(22-7-3-2-4-8-22)31-27-10-5-9-26-24(20-34-25-13-17-39-18-14-25)21-35(30(26)27)15-6-16-36(31)33/h5,9-11,21-22,25,28,34H,2-4,6-8,12-20H2,1H3,(H,37,38). The van der Waals surface area contributed by atoms with Gasteiger partial charge in [-0.3, -0.25) is 0 Å². The molecule has 3 aliphatic heterocycles. The highest BCUT2D eigenvalue weighted by molar-refractivity contribution is 5.96. The molecule has 2 aliphatic carbocycles. The van der Waals surface area contributed by atoms with Crippen molar-refractivity contribution in [3.05, 3.63) is 52.7 Å². The maximum absolute atomic E-state index is 12.1. The van der Waals surface area contributed by atoms with E-state index in [4.69, 9.17) is 4.74 Å². The molecule has 2 N–H and O–H groups in total. The van der Waals surface area contributed by atoms with Crippen LogP contribution in [0, 0.1) is 11.8 Å². The van der Waals surface area contributed by atoms with Crippen molar-refractivity contribution in [2.75, 3.05) is 19.8 Å². The van der Waals surface area contributed by atoms with Gasteiger partial charge in [-0.2, -0.15) is 0 Å². The molecule has 0 amide bonds. The fraction of sp³-hybridized carbons (Fsp3) is 0.606. The number of aromatic nitrogens is 1. The smallest absolute Gasteiger partial charge is 0.331 e. The van der Waals surface area contributed by atoms with Crippen LogP contribution in [0.5, 0.6) is 0 Å². The van der Waals surface area contributed by atoms with E-state index in [1.54, 1.807) is 5.57 Å². The predicted octanol–water partition coefficient (Wildman–Crippen LogP) is 6.10. The van der Waals surface area contributed by atoms with Crippen molar-refractivity contribution in [3.63, 3.8) is 0 Å². The van der Waals surface area contributed by atoms with Gasteiger partial charge in [0.05, 0.1) is 5.52 Å². The fourth-order valence-corrected chi connectivity index (χ4v) is 8.64. The van der Waals surface area contributed by atoms with Gasteiger partial charge in [-0.15, -0.1) is 0 Å². The van der Waals surface area contributed by atoms with Gasteiger partial charge < -0.3 is 24.6 Å². The molecule has 2 unspecified atom stereocenters. The maximum atomic E-state index is 12.1. The molecule has 0 radical (unpaired) electrons. The first kappa shape index (κ1) is 25.4. The van der Waals surface area contributed by atoms with Gasteiger partial charge in [0, 0.05) is 85.2 Å². The lowest BCUT2D eigenvalue weighted by atomic mass is 9.68. The molecule has 1 saturated carbocycles. The second kappa shape index (κ2) is 10.1. The number of benzene rings is 1. The van der Waals surface area contributed by atoms with Gasteiger partial charge in [-0.25, -0.2) is 4.79 Å². The summed E-state index contributed by atoms with van der Waals surface area (Å²) in [5.74, 6) is 0.257. The first-order chi connectivity index (χ1) is 19.0. The lowest BCUT2D eigenvalue weighted by Gasteiger charge is -2.45.